The van der Waals surface area contributed by atoms with E-state index in [9.17, 15) is 13.6 Å². The summed E-state index contributed by atoms with van der Waals surface area (Å²) in [6.07, 6.45) is 3.27. The van der Waals surface area contributed by atoms with Crippen LogP contribution in [-0.2, 0) is 0 Å². The molecule has 1 fully saturated rings. The van der Waals surface area contributed by atoms with Crippen LogP contribution in [-0.4, -0.2) is 37.1 Å². The zero-order valence-corrected chi connectivity index (χ0v) is 12.9. The van der Waals surface area contributed by atoms with Crippen LogP contribution in [0, 0.1) is 17.6 Å². The van der Waals surface area contributed by atoms with E-state index in [0.717, 1.165) is 44.1 Å². The number of benzene rings is 1. The number of hydrogen-bond acceptors (Lipinski definition) is 2. The zero-order chi connectivity index (χ0) is 15.9. The molecule has 1 aromatic rings. The molecule has 4 nitrogen and oxygen atoms in total. The number of urea groups is 1. The fraction of sp³-hybridized carbons (Fsp3) is 0.562. The predicted molar refractivity (Wildman–Crippen MR) is 82.8 cm³/mol. The van der Waals surface area contributed by atoms with E-state index >= 15 is 0 Å². The van der Waals surface area contributed by atoms with Gasteiger partial charge in [0.15, 0.2) is 0 Å². The highest BCUT2D eigenvalue weighted by molar-refractivity contribution is 5.89. The second-order valence-electron chi connectivity index (χ2n) is 5.86. The van der Waals surface area contributed by atoms with Crippen molar-refractivity contribution in [1.82, 2.24) is 10.2 Å². The molecule has 0 spiro atoms. The first-order valence-electron chi connectivity index (χ1n) is 7.77. The highest BCUT2D eigenvalue weighted by Gasteiger charge is 2.15. The molecular formula is C16H23F2N3O. The van der Waals surface area contributed by atoms with Gasteiger partial charge in [-0.2, -0.15) is 0 Å². The first-order valence-corrected chi connectivity index (χ1v) is 7.77. The minimum atomic E-state index is -0.780. The van der Waals surface area contributed by atoms with Gasteiger partial charge in [-0.15, -0.1) is 0 Å². The lowest BCUT2D eigenvalue weighted by Gasteiger charge is -2.30. The molecule has 6 heteroatoms. The van der Waals surface area contributed by atoms with E-state index in [0.29, 0.717) is 6.54 Å². The highest BCUT2D eigenvalue weighted by atomic mass is 19.1. The summed E-state index contributed by atoms with van der Waals surface area (Å²) >= 11 is 0. The SMILES string of the molecule is CC1CCN(CCCNC(=O)Nc2c(F)cccc2F)CC1. The standard InChI is InChI=1S/C16H23F2N3O/c1-12-6-10-21(11-7-12)9-3-8-19-16(22)20-15-13(17)4-2-5-14(15)18/h2,4-5,12H,3,6-11H2,1H3,(H2,19,20,22). The van der Waals surface area contributed by atoms with Crippen LogP contribution in [0.15, 0.2) is 18.2 Å². The first-order chi connectivity index (χ1) is 10.6. The third-order valence-electron chi connectivity index (χ3n) is 4.01. The van der Waals surface area contributed by atoms with Crippen molar-refractivity contribution in [1.29, 1.82) is 0 Å². The lowest BCUT2D eigenvalue weighted by atomic mass is 9.99. The topological polar surface area (TPSA) is 44.4 Å². The fourth-order valence-corrected chi connectivity index (χ4v) is 2.57. The Morgan fingerprint density at radius 3 is 2.55 bits per heavy atom. The van der Waals surface area contributed by atoms with Crippen LogP contribution >= 0.6 is 0 Å². The van der Waals surface area contributed by atoms with Crippen LogP contribution in [0.5, 0.6) is 0 Å². The quantitative estimate of drug-likeness (QED) is 0.820. The van der Waals surface area contributed by atoms with E-state index in [-0.39, 0.29) is 0 Å². The van der Waals surface area contributed by atoms with Gasteiger partial charge in [0.25, 0.3) is 0 Å². The summed E-state index contributed by atoms with van der Waals surface area (Å²) in [6, 6.07) is 2.88. The number of rotatable bonds is 5. The van der Waals surface area contributed by atoms with E-state index in [1.165, 1.54) is 18.9 Å². The minimum Gasteiger partial charge on any atom is -0.338 e. The third kappa shape index (κ3) is 4.94. The second-order valence-corrected chi connectivity index (χ2v) is 5.86. The highest BCUT2D eigenvalue weighted by Crippen LogP contribution is 2.18. The summed E-state index contributed by atoms with van der Waals surface area (Å²) in [6.45, 7) is 5.89. The maximum atomic E-state index is 13.4. The normalized spacial score (nSPS) is 16.5. The Morgan fingerprint density at radius 1 is 1.27 bits per heavy atom. The number of likely N-dealkylation sites (tertiary alicyclic amines) is 1. The summed E-state index contributed by atoms with van der Waals surface area (Å²) in [5.74, 6) is -0.758. The average Bonchev–Trinajstić information content (AvgIpc) is 2.49. The van der Waals surface area contributed by atoms with E-state index < -0.39 is 23.4 Å². The lowest BCUT2D eigenvalue weighted by molar-refractivity contribution is 0.190. The smallest absolute Gasteiger partial charge is 0.319 e. The summed E-state index contributed by atoms with van der Waals surface area (Å²) in [5.41, 5.74) is -0.412. The maximum Gasteiger partial charge on any atom is 0.319 e. The Kier molecular flexibility index (Phi) is 6.12. The molecule has 2 rings (SSSR count). The van der Waals surface area contributed by atoms with E-state index in [1.54, 1.807) is 0 Å². The largest absolute Gasteiger partial charge is 0.338 e. The number of hydrogen-bond donors (Lipinski definition) is 2. The molecule has 0 bridgehead atoms. The van der Waals surface area contributed by atoms with Crippen molar-refractivity contribution in [2.75, 3.05) is 31.5 Å². The Morgan fingerprint density at radius 2 is 1.91 bits per heavy atom. The van der Waals surface area contributed by atoms with Gasteiger partial charge in [-0.1, -0.05) is 13.0 Å². The minimum absolute atomic E-state index is 0.412. The van der Waals surface area contributed by atoms with Crippen molar-refractivity contribution >= 4 is 11.7 Å². The van der Waals surface area contributed by atoms with Crippen LogP contribution in [0.4, 0.5) is 19.3 Å². The van der Waals surface area contributed by atoms with Crippen LogP contribution in [0.3, 0.4) is 0 Å². The van der Waals surface area contributed by atoms with Gasteiger partial charge >= 0.3 is 6.03 Å². The number of amides is 2. The Bertz CT molecular complexity index is 482. The van der Waals surface area contributed by atoms with Crippen LogP contribution in [0.2, 0.25) is 0 Å². The van der Waals surface area contributed by atoms with Crippen LogP contribution in [0.25, 0.3) is 0 Å². The molecule has 0 atom stereocenters. The number of piperidine rings is 1. The van der Waals surface area contributed by atoms with Crippen molar-refractivity contribution in [3.05, 3.63) is 29.8 Å². The molecule has 1 saturated heterocycles. The number of halogens is 2. The summed E-state index contributed by atoms with van der Waals surface area (Å²) < 4.78 is 26.8. The molecule has 1 aliphatic rings. The van der Waals surface area contributed by atoms with Gasteiger partial charge in [-0.05, 0) is 56.9 Å². The number of nitrogens with zero attached hydrogens (tertiary/aromatic N) is 1. The number of carbonyl (C=O) groups excluding carboxylic acids is 1. The van der Waals surface area contributed by atoms with Crippen LogP contribution < -0.4 is 10.6 Å². The number of nitrogens with one attached hydrogen (secondary N) is 2. The van der Waals surface area contributed by atoms with Crippen molar-refractivity contribution in [3.63, 3.8) is 0 Å². The molecule has 2 amide bonds. The molecule has 1 aliphatic heterocycles. The second kappa shape index (κ2) is 8.08. The molecule has 0 radical (unpaired) electrons. The van der Waals surface area contributed by atoms with Gasteiger partial charge in [0.2, 0.25) is 0 Å². The fourth-order valence-electron chi connectivity index (χ4n) is 2.57. The number of para-hydroxylation sites is 1. The molecule has 0 unspecified atom stereocenters. The van der Waals surface area contributed by atoms with Crippen molar-refractivity contribution in [2.45, 2.75) is 26.2 Å². The first kappa shape index (κ1) is 16.7. The van der Waals surface area contributed by atoms with E-state index in [1.807, 2.05) is 0 Å². The summed E-state index contributed by atoms with van der Waals surface area (Å²) in [7, 11) is 0. The number of anilines is 1. The molecular weight excluding hydrogens is 288 g/mol. The van der Waals surface area contributed by atoms with Crippen molar-refractivity contribution < 1.29 is 13.6 Å². The van der Waals surface area contributed by atoms with Gasteiger partial charge < -0.3 is 15.5 Å². The summed E-state index contributed by atoms with van der Waals surface area (Å²) in [4.78, 5) is 14.0. The van der Waals surface area contributed by atoms with E-state index in [4.69, 9.17) is 0 Å². The lowest BCUT2D eigenvalue weighted by Crippen LogP contribution is -2.36. The predicted octanol–water partition coefficient (Wildman–Crippen LogP) is 3.21. The summed E-state index contributed by atoms with van der Waals surface area (Å²) in [5, 5.41) is 4.83. The molecule has 0 aliphatic carbocycles. The van der Waals surface area contributed by atoms with Gasteiger partial charge in [-0.3, -0.25) is 0 Å². The van der Waals surface area contributed by atoms with Crippen LogP contribution in [0.1, 0.15) is 26.2 Å². The Balaban J connectivity index is 1.66. The molecule has 1 heterocycles. The molecule has 0 saturated carbocycles. The molecule has 0 aromatic heterocycles. The van der Waals surface area contributed by atoms with Gasteiger partial charge in [0.05, 0.1) is 0 Å². The Labute approximate surface area is 129 Å². The van der Waals surface area contributed by atoms with Crippen molar-refractivity contribution in [3.8, 4) is 0 Å². The number of carbonyl (C=O) groups is 1. The van der Waals surface area contributed by atoms with Crippen molar-refractivity contribution in [2.24, 2.45) is 5.92 Å². The van der Waals surface area contributed by atoms with Gasteiger partial charge in [0, 0.05) is 6.54 Å². The molecule has 22 heavy (non-hydrogen) atoms. The van der Waals surface area contributed by atoms with Gasteiger partial charge in [0.1, 0.15) is 17.3 Å². The Hall–Kier alpha value is -1.69. The maximum absolute atomic E-state index is 13.4. The average molecular weight is 311 g/mol. The molecule has 122 valence electrons. The molecule has 2 N–H and O–H groups in total. The zero-order valence-electron chi connectivity index (χ0n) is 12.9. The molecule has 1 aromatic carbocycles. The monoisotopic (exact) mass is 311 g/mol. The van der Waals surface area contributed by atoms with E-state index in [2.05, 4.69) is 22.5 Å². The third-order valence-corrected chi connectivity index (χ3v) is 4.01. The van der Waals surface area contributed by atoms with Gasteiger partial charge in [-0.25, -0.2) is 13.6 Å².